The summed E-state index contributed by atoms with van der Waals surface area (Å²) in [4.78, 5) is 25.3. The number of hydrogen-bond acceptors (Lipinski definition) is 4. The van der Waals surface area contributed by atoms with E-state index in [1.165, 1.54) is 38.5 Å². The second kappa shape index (κ2) is 9.33. The van der Waals surface area contributed by atoms with Crippen LogP contribution in [-0.2, 0) is 0 Å². The van der Waals surface area contributed by atoms with E-state index in [1.54, 1.807) is 6.20 Å². The molecule has 2 aromatic rings. The number of fused-ring (bicyclic) bond motifs is 1. The first kappa shape index (κ1) is 21.0. The number of anilines is 1. The van der Waals surface area contributed by atoms with Gasteiger partial charge in [0.2, 0.25) is 0 Å². The average molecular weight is 441 g/mol. The van der Waals surface area contributed by atoms with Gasteiger partial charge in [-0.15, -0.1) is 0 Å². The molecule has 3 heterocycles. The van der Waals surface area contributed by atoms with Gasteiger partial charge in [-0.2, -0.15) is 0 Å². The molecule has 2 aliphatic heterocycles. The number of benzene rings is 1. The van der Waals surface area contributed by atoms with Crippen molar-refractivity contribution in [1.82, 2.24) is 14.8 Å². The maximum Gasteiger partial charge on any atom is 0.257 e. The van der Waals surface area contributed by atoms with Crippen LogP contribution in [-0.4, -0.2) is 66.0 Å². The third kappa shape index (κ3) is 4.40. The second-order valence-corrected chi connectivity index (χ2v) is 9.79. The zero-order valence-corrected chi connectivity index (χ0v) is 19.1. The van der Waals surface area contributed by atoms with Gasteiger partial charge in [-0.25, -0.2) is 0 Å². The lowest BCUT2D eigenvalue weighted by Gasteiger charge is -2.42. The van der Waals surface area contributed by atoms with Gasteiger partial charge in [0.25, 0.3) is 5.91 Å². The van der Waals surface area contributed by atoms with Gasteiger partial charge < -0.3 is 9.80 Å². The Morgan fingerprint density at radius 2 is 1.61 bits per heavy atom. The maximum atomic E-state index is 13.5. The lowest BCUT2D eigenvalue weighted by Crippen LogP contribution is -2.51. The molecule has 1 aliphatic carbocycles. The zero-order valence-electron chi connectivity index (χ0n) is 18.4. The molecule has 0 unspecified atom stereocenters. The Kier molecular flexibility index (Phi) is 6.33. The molecule has 6 heteroatoms. The van der Waals surface area contributed by atoms with E-state index in [1.807, 2.05) is 23.1 Å². The fraction of sp³-hybridized carbons (Fsp3) is 0.600. The maximum absolute atomic E-state index is 13.5. The van der Waals surface area contributed by atoms with Crippen molar-refractivity contribution < 1.29 is 4.79 Å². The van der Waals surface area contributed by atoms with Crippen LogP contribution in [0.4, 0.5) is 5.69 Å². The molecule has 1 aromatic carbocycles. The Hall–Kier alpha value is -1.85. The summed E-state index contributed by atoms with van der Waals surface area (Å²) in [6, 6.07) is 6.58. The molecule has 166 valence electrons. The van der Waals surface area contributed by atoms with Crippen molar-refractivity contribution in [2.45, 2.75) is 57.4 Å². The molecule has 1 amide bonds. The molecule has 0 radical (unpaired) electrons. The highest BCUT2D eigenvalue weighted by atomic mass is 35.5. The number of hydrogen-bond donors (Lipinski definition) is 0. The van der Waals surface area contributed by atoms with E-state index >= 15 is 0 Å². The Morgan fingerprint density at radius 3 is 2.35 bits per heavy atom. The van der Waals surface area contributed by atoms with Crippen LogP contribution in [0.5, 0.6) is 0 Å². The number of piperidine rings is 1. The van der Waals surface area contributed by atoms with Crippen LogP contribution in [0.15, 0.2) is 24.4 Å². The normalized spacial score (nSPS) is 21.6. The van der Waals surface area contributed by atoms with Crippen molar-refractivity contribution in [2.24, 2.45) is 0 Å². The molecule has 0 atom stereocenters. The van der Waals surface area contributed by atoms with Crippen LogP contribution in [0.2, 0.25) is 5.02 Å². The predicted molar refractivity (Wildman–Crippen MR) is 127 cm³/mol. The van der Waals surface area contributed by atoms with E-state index in [9.17, 15) is 4.79 Å². The first-order chi connectivity index (χ1) is 15.2. The highest BCUT2D eigenvalue weighted by Gasteiger charge is 2.30. The summed E-state index contributed by atoms with van der Waals surface area (Å²) in [5.74, 6) is 0.124. The largest absolute Gasteiger partial charge is 0.368 e. The number of carbonyl (C=O) groups is 1. The van der Waals surface area contributed by atoms with E-state index in [0.717, 1.165) is 80.3 Å². The van der Waals surface area contributed by atoms with Gasteiger partial charge in [-0.3, -0.25) is 14.7 Å². The van der Waals surface area contributed by atoms with Crippen molar-refractivity contribution >= 4 is 34.1 Å². The Labute approximate surface area is 190 Å². The molecule has 0 spiro atoms. The van der Waals surface area contributed by atoms with Crippen LogP contribution < -0.4 is 4.90 Å². The number of pyridine rings is 1. The molecule has 31 heavy (non-hydrogen) atoms. The summed E-state index contributed by atoms with van der Waals surface area (Å²) in [6.07, 6.45) is 12.0. The van der Waals surface area contributed by atoms with Gasteiger partial charge in [0.1, 0.15) is 0 Å². The lowest BCUT2D eigenvalue weighted by molar-refractivity contribution is 0.0724. The number of rotatable bonds is 3. The van der Waals surface area contributed by atoms with Gasteiger partial charge in [0.15, 0.2) is 0 Å². The van der Waals surface area contributed by atoms with Crippen LogP contribution in [0.3, 0.4) is 0 Å². The van der Waals surface area contributed by atoms with Gasteiger partial charge in [0.05, 0.1) is 16.8 Å². The van der Waals surface area contributed by atoms with Crippen molar-refractivity contribution in [1.29, 1.82) is 0 Å². The molecule has 2 saturated heterocycles. The molecule has 1 aromatic heterocycles. The first-order valence-corrected chi connectivity index (χ1v) is 12.4. The number of carbonyl (C=O) groups excluding carboxylic acids is 1. The van der Waals surface area contributed by atoms with Crippen molar-refractivity contribution in [2.75, 3.05) is 44.2 Å². The standard InChI is InChI=1S/C25H33ClN4O/c26-19-9-10-23-21(17-19)24(22(18-27-23)25(31)30-11-5-2-6-12-30)29-15-13-28(14-16-29)20-7-3-1-4-8-20/h9-10,17-18,20H,1-8,11-16H2. The van der Waals surface area contributed by atoms with Crippen LogP contribution in [0.1, 0.15) is 61.7 Å². The molecule has 5 nitrogen and oxygen atoms in total. The first-order valence-electron chi connectivity index (χ1n) is 12.1. The molecule has 3 aliphatic rings. The molecule has 1 saturated carbocycles. The molecule has 0 bridgehead atoms. The minimum Gasteiger partial charge on any atom is -0.368 e. The lowest BCUT2D eigenvalue weighted by atomic mass is 9.93. The number of aromatic nitrogens is 1. The summed E-state index contributed by atoms with van der Waals surface area (Å²) >= 11 is 6.39. The summed E-state index contributed by atoms with van der Waals surface area (Å²) in [5, 5.41) is 1.69. The molecule has 5 rings (SSSR count). The van der Waals surface area contributed by atoms with Crippen molar-refractivity contribution in [3.63, 3.8) is 0 Å². The van der Waals surface area contributed by atoms with Crippen LogP contribution in [0, 0.1) is 0 Å². The summed E-state index contributed by atoms with van der Waals surface area (Å²) in [5.41, 5.74) is 2.68. The molecular formula is C25H33ClN4O. The van der Waals surface area contributed by atoms with Gasteiger partial charge in [0, 0.05) is 61.9 Å². The summed E-state index contributed by atoms with van der Waals surface area (Å²) in [7, 11) is 0. The minimum absolute atomic E-state index is 0.124. The smallest absolute Gasteiger partial charge is 0.257 e. The highest BCUT2D eigenvalue weighted by molar-refractivity contribution is 6.31. The Bertz CT molecular complexity index is 929. The predicted octanol–water partition coefficient (Wildman–Crippen LogP) is 4.97. The van der Waals surface area contributed by atoms with E-state index in [-0.39, 0.29) is 5.91 Å². The molecular weight excluding hydrogens is 408 g/mol. The third-order valence-electron chi connectivity index (χ3n) is 7.40. The minimum atomic E-state index is 0.124. The second-order valence-electron chi connectivity index (χ2n) is 9.35. The van der Waals surface area contributed by atoms with Gasteiger partial charge >= 0.3 is 0 Å². The van der Waals surface area contributed by atoms with E-state index in [2.05, 4.69) is 14.8 Å². The number of piperazine rings is 1. The zero-order chi connectivity index (χ0) is 21.2. The number of likely N-dealkylation sites (tertiary alicyclic amines) is 1. The number of halogens is 1. The van der Waals surface area contributed by atoms with E-state index in [4.69, 9.17) is 11.6 Å². The van der Waals surface area contributed by atoms with Crippen LogP contribution >= 0.6 is 11.6 Å². The Balaban J connectivity index is 1.45. The fourth-order valence-electron chi connectivity index (χ4n) is 5.67. The third-order valence-corrected chi connectivity index (χ3v) is 7.63. The van der Waals surface area contributed by atoms with Crippen molar-refractivity contribution in [3.8, 4) is 0 Å². The summed E-state index contributed by atoms with van der Waals surface area (Å²) in [6.45, 7) is 5.71. The quantitative estimate of drug-likeness (QED) is 0.675. The highest BCUT2D eigenvalue weighted by Crippen LogP contribution is 2.34. The van der Waals surface area contributed by atoms with Crippen LogP contribution in [0.25, 0.3) is 10.9 Å². The monoisotopic (exact) mass is 440 g/mol. The van der Waals surface area contributed by atoms with Gasteiger partial charge in [-0.05, 0) is 50.3 Å². The number of amides is 1. The fourth-order valence-corrected chi connectivity index (χ4v) is 5.84. The Morgan fingerprint density at radius 1 is 0.903 bits per heavy atom. The topological polar surface area (TPSA) is 39.7 Å². The summed E-state index contributed by atoms with van der Waals surface area (Å²) < 4.78 is 0. The molecule has 3 fully saturated rings. The average Bonchev–Trinajstić information content (AvgIpc) is 2.84. The van der Waals surface area contributed by atoms with E-state index < -0.39 is 0 Å². The number of nitrogens with zero attached hydrogens (tertiary/aromatic N) is 4. The SMILES string of the molecule is O=C(c1cnc2ccc(Cl)cc2c1N1CCN(C2CCCCC2)CC1)N1CCCCC1. The van der Waals surface area contributed by atoms with Gasteiger partial charge in [-0.1, -0.05) is 30.9 Å². The molecule has 0 N–H and O–H groups in total. The van der Waals surface area contributed by atoms with Crippen molar-refractivity contribution in [3.05, 3.63) is 35.0 Å². The van der Waals surface area contributed by atoms with E-state index in [0.29, 0.717) is 5.02 Å².